The number of pyridine rings is 1. The van der Waals surface area contributed by atoms with E-state index in [9.17, 15) is 9.59 Å². The molecule has 100 valence electrons. The van der Waals surface area contributed by atoms with Gasteiger partial charge in [-0.3, -0.25) is 4.90 Å². The third-order valence-electron chi connectivity index (χ3n) is 2.88. The molecule has 19 heavy (non-hydrogen) atoms. The second-order valence-electron chi connectivity index (χ2n) is 4.08. The maximum Gasteiger partial charge on any atom is 0.414 e. The molecule has 0 saturated carbocycles. The van der Waals surface area contributed by atoms with E-state index in [-0.39, 0.29) is 12.3 Å². The lowest BCUT2D eigenvalue weighted by molar-refractivity contribution is 0.0688. The molecular formula is C13H14N2O4. The van der Waals surface area contributed by atoms with Crippen LogP contribution in [0, 0.1) is 0 Å². The van der Waals surface area contributed by atoms with Crippen LogP contribution in [-0.4, -0.2) is 35.3 Å². The number of aromatic nitrogens is 1. The van der Waals surface area contributed by atoms with Gasteiger partial charge in [-0.1, -0.05) is 12.7 Å². The summed E-state index contributed by atoms with van der Waals surface area (Å²) in [6.07, 6.45) is 3.65. The minimum absolute atomic E-state index is 0.00118. The second-order valence-corrected chi connectivity index (χ2v) is 4.08. The topological polar surface area (TPSA) is 79.7 Å². The van der Waals surface area contributed by atoms with E-state index in [0.717, 1.165) is 0 Å². The SMILES string of the molecule is C=CCOC(=O)N1CCCc2c1ccnc2C(=O)O. The highest BCUT2D eigenvalue weighted by Gasteiger charge is 2.27. The monoisotopic (exact) mass is 262 g/mol. The van der Waals surface area contributed by atoms with Crippen molar-refractivity contribution in [2.45, 2.75) is 12.8 Å². The van der Waals surface area contributed by atoms with Crippen LogP contribution >= 0.6 is 0 Å². The van der Waals surface area contributed by atoms with Gasteiger partial charge in [0.15, 0.2) is 5.69 Å². The first kappa shape index (κ1) is 13.1. The van der Waals surface area contributed by atoms with Gasteiger partial charge in [0.25, 0.3) is 0 Å². The molecule has 6 heteroatoms. The van der Waals surface area contributed by atoms with Gasteiger partial charge in [-0.25, -0.2) is 14.6 Å². The molecule has 1 aromatic rings. The third kappa shape index (κ3) is 2.57. The van der Waals surface area contributed by atoms with Crippen LogP contribution in [-0.2, 0) is 11.2 Å². The molecule has 1 aromatic heterocycles. The molecule has 1 aliphatic heterocycles. The Hall–Kier alpha value is -2.37. The number of carboxylic acids is 1. The Kier molecular flexibility index (Phi) is 3.79. The molecule has 0 radical (unpaired) electrons. The fraction of sp³-hybridized carbons (Fsp3) is 0.308. The number of carboxylic acid groups (broad SMARTS) is 1. The number of ether oxygens (including phenoxy) is 1. The van der Waals surface area contributed by atoms with Crippen LogP contribution in [0.2, 0.25) is 0 Å². The Morgan fingerprint density at radius 2 is 2.37 bits per heavy atom. The Bertz CT molecular complexity index is 527. The van der Waals surface area contributed by atoms with Gasteiger partial charge >= 0.3 is 12.1 Å². The highest BCUT2D eigenvalue weighted by Crippen LogP contribution is 2.29. The zero-order valence-corrected chi connectivity index (χ0v) is 10.3. The van der Waals surface area contributed by atoms with Crippen LogP contribution in [0.15, 0.2) is 24.9 Å². The van der Waals surface area contributed by atoms with Gasteiger partial charge in [-0.2, -0.15) is 0 Å². The van der Waals surface area contributed by atoms with Crippen LogP contribution in [0.3, 0.4) is 0 Å². The molecule has 0 aliphatic carbocycles. The summed E-state index contributed by atoms with van der Waals surface area (Å²) in [5.74, 6) is -1.09. The first-order chi connectivity index (χ1) is 9.15. The summed E-state index contributed by atoms with van der Waals surface area (Å²) in [4.78, 5) is 28.3. The summed E-state index contributed by atoms with van der Waals surface area (Å²) in [6, 6.07) is 1.64. The zero-order valence-electron chi connectivity index (χ0n) is 10.3. The van der Waals surface area contributed by atoms with Crippen molar-refractivity contribution in [2.75, 3.05) is 18.1 Å². The maximum atomic E-state index is 11.9. The van der Waals surface area contributed by atoms with Gasteiger partial charge in [0, 0.05) is 18.3 Å². The number of rotatable bonds is 3. The van der Waals surface area contributed by atoms with E-state index in [4.69, 9.17) is 9.84 Å². The average Bonchev–Trinajstić information content (AvgIpc) is 2.43. The number of amides is 1. The molecule has 2 heterocycles. The molecule has 0 unspecified atom stereocenters. The van der Waals surface area contributed by atoms with Gasteiger partial charge in [0.2, 0.25) is 0 Å². The van der Waals surface area contributed by atoms with E-state index in [1.807, 2.05) is 0 Å². The lowest BCUT2D eigenvalue weighted by Gasteiger charge is -2.28. The molecule has 2 rings (SSSR count). The Morgan fingerprint density at radius 1 is 1.58 bits per heavy atom. The molecule has 0 fully saturated rings. The smallest absolute Gasteiger partial charge is 0.414 e. The number of carbonyl (C=O) groups excluding carboxylic acids is 1. The molecule has 0 bridgehead atoms. The van der Waals surface area contributed by atoms with Crippen molar-refractivity contribution in [3.63, 3.8) is 0 Å². The summed E-state index contributed by atoms with van der Waals surface area (Å²) in [6.45, 7) is 4.11. The van der Waals surface area contributed by atoms with Crippen molar-refractivity contribution < 1.29 is 19.4 Å². The molecular weight excluding hydrogens is 248 g/mol. The van der Waals surface area contributed by atoms with Crippen LogP contribution in [0.1, 0.15) is 22.5 Å². The standard InChI is InChI=1S/C13H14N2O4/c1-2-8-19-13(18)15-7-3-4-9-10(15)5-6-14-11(9)12(16)17/h2,5-6H,1,3-4,7-8H2,(H,16,17). The van der Waals surface area contributed by atoms with Gasteiger partial charge in [0.05, 0.1) is 5.69 Å². The second kappa shape index (κ2) is 5.51. The van der Waals surface area contributed by atoms with Gasteiger partial charge in [-0.05, 0) is 18.9 Å². The molecule has 1 amide bonds. The van der Waals surface area contributed by atoms with E-state index in [0.29, 0.717) is 30.6 Å². The first-order valence-electron chi connectivity index (χ1n) is 5.91. The molecule has 0 atom stereocenters. The van der Waals surface area contributed by atoms with Gasteiger partial charge < -0.3 is 9.84 Å². The molecule has 0 saturated heterocycles. The van der Waals surface area contributed by atoms with Gasteiger partial charge in [-0.15, -0.1) is 0 Å². The predicted molar refractivity (Wildman–Crippen MR) is 68.4 cm³/mol. The van der Waals surface area contributed by atoms with Crippen LogP contribution in [0.25, 0.3) is 0 Å². The lowest BCUT2D eigenvalue weighted by Crippen LogP contribution is -2.36. The number of nitrogens with zero attached hydrogens (tertiary/aromatic N) is 2. The molecule has 0 spiro atoms. The summed E-state index contributed by atoms with van der Waals surface area (Å²) < 4.78 is 4.99. The molecule has 0 aromatic carbocycles. The third-order valence-corrected chi connectivity index (χ3v) is 2.88. The number of hydrogen-bond acceptors (Lipinski definition) is 4. The summed E-state index contributed by atoms with van der Waals surface area (Å²) >= 11 is 0. The minimum atomic E-state index is -1.09. The van der Waals surface area contributed by atoms with E-state index < -0.39 is 12.1 Å². The number of anilines is 1. The predicted octanol–water partition coefficient (Wildman–Crippen LogP) is 1.86. The van der Waals surface area contributed by atoms with Crippen molar-refractivity contribution in [1.29, 1.82) is 0 Å². The summed E-state index contributed by atoms with van der Waals surface area (Å²) in [5.41, 5.74) is 1.14. The summed E-state index contributed by atoms with van der Waals surface area (Å²) in [5, 5.41) is 9.10. The normalized spacial score (nSPS) is 13.6. The molecule has 1 N–H and O–H groups in total. The van der Waals surface area contributed by atoms with Crippen molar-refractivity contribution >= 4 is 17.7 Å². The molecule has 1 aliphatic rings. The quantitative estimate of drug-likeness (QED) is 0.841. The fourth-order valence-electron chi connectivity index (χ4n) is 2.10. The largest absolute Gasteiger partial charge is 0.477 e. The van der Waals surface area contributed by atoms with E-state index >= 15 is 0 Å². The zero-order chi connectivity index (χ0) is 13.8. The highest BCUT2D eigenvalue weighted by molar-refractivity contribution is 5.94. The average molecular weight is 262 g/mol. The van der Waals surface area contributed by atoms with Crippen LogP contribution in [0.4, 0.5) is 10.5 Å². The molecule has 6 nitrogen and oxygen atoms in total. The number of fused-ring (bicyclic) bond motifs is 1. The van der Waals surface area contributed by atoms with Crippen molar-refractivity contribution in [1.82, 2.24) is 4.98 Å². The minimum Gasteiger partial charge on any atom is -0.477 e. The Balaban J connectivity index is 2.34. The lowest BCUT2D eigenvalue weighted by atomic mass is 10.0. The Labute approximate surface area is 110 Å². The van der Waals surface area contributed by atoms with Gasteiger partial charge in [0.1, 0.15) is 6.61 Å². The highest BCUT2D eigenvalue weighted by atomic mass is 16.6. The van der Waals surface area contributed by atoms with Crippen LogP contribution in [0.5, 0.6) is 0 Å². The van der Waals surface area contributed by atoms with E-state index in [1.54, 1.807) is 6.07 Å². The first-order valence-corrected chi connectivity index (χ1v) is 5.91. The maximum absolute atomic E-state index is 11.9. The van der Waals surface area contributed by atoms with E-state index in [1.165, 1.54) is 17.2 Å². The van der Waals surface area contributed by atoms with Crippen molar-refractivity contribution in [3.05, 3.63) is 36.2 Å². The summed E-state index contributed by atoms with van der Waals surface area (Å²) in [7, 11) is 0. The van der Waals surface area contributed by atoms with E-state index in [2.05, 4.69) is 11.6 Å². The van der Waals surface area contributed by atoms with Crippen molar-refractivity contribution in [3.8, 4) is 0 Å². The van der Waals surface area contributed by atoms with Crippen molar-refractivity contribution in [2.24, 2.45) is 0 Å². The number of carbonyl (C=O) groups is 2. The number of aromatic carboxylic acids is 1. The van der Waals surface area contributed by atoms with Crippen LogP contribution < -0.4 is 4.90 Å². The number of hydrogen-bond donors (Lipinski definition) is 1. The Morgan fingerprint density at radius 3 is 3.05 bits per heavy atom. The fourth-order valence-corrected chi connectivity index (χ4v) is 2.10.